The summed E-state index contributed by atoms with van der Waals surface area (Å²) in [6, 6.07) is 0.172. The van der Waals surface area contributed by atoms with E-state index in [9.17, 15) is 8.42 Å². The number of hydrogen-bond acceptors (Lipinski definition) is 5. The molecule has 100 valence electrons. The van der Waals surface area contributed by atoms with Crippen LogP contribution < -0.4 is 5.32 Å². The zero-order chi connectivity index (χ0) is 13.0. The van der Waals surface area contributed by atoms with E-state index in [1.807, 2.05) is 12.4 Å². The Kier molecular flexibility index (Phi) is 4.16. The van der Waals surface area contributed by atoms with Gasteiger partial charge in [0.2, 0.25) is 5.95 Å². The van der Waals surface area contributed by atoms with Crippen LogP contribution in [0.1, 0.15) is 31.7 Å². The van der Waals surface area contributed by atoms with E-state index in [0.29, 0.717) is 18.8 Å². The highest BCUT2D eigenvalue weighted by molar-refractivity contribution is 7.91. The molecule has 0 unspecified atom stereocenters. The standard InChI is InChI=1S/C12H19N3O2S/c1-2-3-10-8-13-12(14-9-10)15-11-4-6-18(16,17)7-5-11/h8-9,11H,2-7H2,1H3,(H,13,14,15). The summed E-state index contributed by atoms with van der Waals surface area (Å²) in [6.07, 6.45) is 7.01. The molecule has 2 rings (SSSR count). The van der Waals surface area contributed by atoms with Crippen molar-refractivity contribution in [2.24, 2.45) is 0 Å². The third-order valence-corrected chi connectivity index (χ3v) is 4.85. The van der Waals surface area contributed by atoms with Gasteiger partial charge in [0.25, 0.3) is 0 Å². The fourth-order valence-corrected chi connectivity index (χ4v) is 3.56. The van der Waals surface area contributed by atoms with E-state index in [1.165, 1.54) is 0 Å². The van der Waals surface area contributed by atoms with E-state index < -0.39 is 9.84 Å². The molecule has 1 fully saturated rings. The van der Waals surface area contributed by atoms with Crippen LogP contribution in [0.5, 0.6) is 0 Å². The van der Waals surface area contributed by atoms with Crippen LogP contribution in [0.2, 0.25) is 0 Å². The first-order valence-electron chi connectivity index (χ1n) is 6.37. The Labute approximate surface area is 108 Å². The largest absolute Gasteiger partial charge is 0.351 e. The van der Waals surface area contributed by atoms with Crippen molar-refractivity contribution in [3.05, 3.63) is 18.0 Å². The summed E-state index contributed by atoms with van der Waals surface area (Å²) >= 11 is 0. The average molecular weight is 269 g/mol. The molecular formula is C12H19N3O2S. The molecule has 0 saturated carbocycles. The van der Waals surface area contributed by atoms with Crippen molar-refractivity contribution in [3.63, 3.8) is 0 Å². The third-order valence-electron chi connectivity index (χ3n) is 3.13. The van der Waals surface area contributed by atoms with Gasteiger partial charge in [-0.3, -0.25) is 0 Å². The molecule has 0 aromatic carbocycles. The first-order valence-corrected chi connectivity index (χ1v) is 8.19. The Morgan fingerprint density at radius 2 is 1.89 bits per heavy atom. The lowest BCUT2D eigenvalue weighted by Crippen LogP contribution is -2.32. The van der Waals surface area contributed by atoms with Crippen molar-refractivity contribution < 1.29 is 8.42 Å². The van der Waals surface area contributed by atoms with Crippen LogP contribution in [-0.4, -0.2) is 35.9 Å². The summed E-state index contributed by atoms with van der Waals surface area (Å²) < 4.78 is 22.6. The van der Waals surface area contributed by atoms with Gasteiger partial charge < -0.3 is 5.32 Å². The Hall–Kier alpha value is -1.17. The first kappa shape index (κ1) is 13.3. The van der Waals surface area contributed by atoms with Crippen LogP contribution in [0.3, 0.4) is 0 Å². The fraction of sp³-hybridized carbons (Fsp3) is 0.667. The molecule has 18 heavy (non-hydrogen) atoms. The van der Waals surface area contributed by atoms with Crippen LogP contribution >= 0.6 is 0 Å². The van der Waals surface area contributed by atoms with Gasteiger partial charge in [-0.15, -0.1) is 0 Å². The van der Waals surface area contributed by atoms with Crippen LogP contribution in [0, 0.1) is 0 Å². The van der Waals surface area contributed by atoms with E-state index in [4.69, 9.17) is 0 Å². The number of aromatic nitrogens is 2. The maximum Gasteiger partial charge on any atom is 0.222 e. The second-order valence-electron chi connectivity index (χ2n) is 4.74. The predicted molar refractivity (Wildman–Crippen MR) is 71.3 cm³/mol. The maximum absolute atomic E-state index is 11.3. The second kappa shape index (κ2) is 5.65. The van der Waals surface area contributed by atoms with E-state index in [1.54, 1.807) is 0 Å². The minimum absolute atomic E-state index is 0.172. The molecule has 0 spiro atoms. The molecule has 6 heteroatoms. The molecule has 1 N–H and O–H groups in total. The molecule has 1 aromatic rings. The molecule has 0 aliphatic carbocycles. The Balaban J connectivity index is 1.90. The highest BCUT2D eigenvalue weighted by Gasteiger charge is 2.23. The molecule has 0 bridgehead atoms. The van der Waals surface area contributed by atoms with Crippen molar-refractivity contribution in [2.45, 2.75) is 38.6 Å². The van der Waals surface area contributed by atoms with Crippen LogP contribution in [-0.2, 0) is 16.3 Å². The lowest BCUT2D eigenvalue weighted by Gasteiger charge is -2.22. The molecular weight excluding hydrogens is 250 g/mol. The number of anilines is 1. The zero-order valence-electron chi connectivity index (χ0n) is 10.6. The van der Waals surface area contributed by atoms with Crippen molar-refractivity contribution in [1.82, 2.24) is 9.97 Å². The Morgan fingerprint density at radius 3 is 2.44 bits per heavy atom. The highest BCUT2D eigenvalue weighted by atomic mass is 32.2. The molecule has 2 heterocycles. The number of rotatable bonds is 4. The summed E-state index contributed by atoms with van der Waals surface area (Å²) in [5, 5.41) is 3.20. The normalized spacial score (nSPS) is 19.6. The molecule has 0 atom stereocenters. The van der Waals surface area contributed by atoms with Gasteiger partial charge in [0.1, 0.15) is 9.84 Å². The molecule has 1 aliphatic rings. The number of nitrogens with one attached hydrogen (secondary N) is 1. The number of aryl methyl sites for hydroxylation is 1. The van der Waals surface area contributed by atoms with Crippen molar-refractivity contribution in [2.75, 3.05) is 16.8 Å². The lowest BCUT2D eigenvalue weighted by atomic mass is 10.1. The second-order valence-corrected chi connectivity index (χ2v) is 7.04. The van der Waals surface area contributed by atoms with Crippen molar-refractivity contribution >= 4 is 15.8 Å². The molecule has 1 aromatic heterocycles. The maximum atomic E-state index is 11.3. The number of hydrogen-bond donors (Lipinski definition) is 1. The summed E-state index contributed by atoms with van der Waals surface area (Å²) in [7, 11) is -2.80. The minimum atomic E-state index is -2.80. The van der Waals surface area contributed by atoms with Gasteiger partial charge in [-0.05, 0) is 24.8 Å². The zero-order valence-corrected chi connectivity index (χ0v) is 11.4. The lowest BCUT2D eigenvalue weighted by molar-refractivity contribution is 0.558. The van der Waals surface area contributed by atoms with Gasteiger partial charge >= 0.3 is 0 Å². The summed E-state index contributed by atoms with van der Waals surface area (Å²) in [5.74, 6) is 1.12. The molecule has 5 nitrogen and oxygen atoms in total. The fourth-order valence-electron chi connectivity index (χ4n) is 2.06. The topological polar surface area (TPSA) is 72.0 Å². The number of nitrogens with zero attached hydrogens (tertiary/aromatic N) is 2. The van der Waals surface area contributed by atoms with Gasteiger partial charge in [0.15, 0.2) is 0 Å². The van der Waals surface area contributed by atoms with Gasteiger partial charge in [-0.25, -0.2) is 18.4 Å². The number of sulfone groups is 1. The smallest absolute Gasteiger partial charge is 0.222 e. The monoisotopic (exact) mass is 269 g/mol. The van der Waals surface area contributed by atoms with Crippen LogP contribution in [0.25, 0.3) is 0 Å². The molecule has 1 aliphatic heterocycles. The SMILES string of the molecule is CCCc1cnc(NC2CCS(=O)(=O)CC2)nc1. The predicted octanol–water partition coefficient (Wildman–Crippen LogP) is 1.42. The van der Waals surface area contributed by atoms with Gasteiger partial charge in [-0.1, -0.05) is 13.3 Å². The minimum Gasteiger partial charge on any atom is -0.351 e. The average Bonchev–Trinajstić information content (AvgIpc) is 2.35. The van der Waals surface area contributed by atoms with E-state index in [-0.39, 0.29) is 17.5 Å². The summed E-state index contributed by atoms with van der Waals surface area (Å²) in [6.45, 7) is 2.12. The van der Waals surface area contributed by atoms with E-state index in [2.05, 4.69) is 22.2 Å². The highest BCUT2D eigenvalue weighted by Crippen LogP contribution is 2.15. The van der Waals surface area contributed by atoms with E-state index >= 15 is 0 Å². The Morgan fingerprint density at radius 1 is 1.28 bits per heavy atom. The quantitative estimate of drug-likeness (QED) is 0.895. The van der Waals surface area contributed by atoms with Gasteiger partial charge in [0.05, 0.1) is 11.5 Å². The first-order chi connectivity index (χ1) is 8.59. The van der Waals surface area contributed by atoms with Gasteiger partial charge in [0, 0.05) is 18.4 Å². The van der Waals surface area contributed by atoms with E-state index in [0.717, 1.165) is 18.4 Å². The summed E-state index contributed by atoms with van der Waals surface area (Å²) in [4.78, 5) is 8.51. The van der Waals surface area contributed by atoms with Gasteiger partial charge in [-0.2, -0.15) is 0 Å². The molecule has 1 saturated heterocycles. The van der Waals surface area contributed by atoms with Crippen molar-refractivity contribution in [3.8, 4) is 0 Å². The van der Waals surface area contributed by atoms with Crippen LogP contribution in [0.15, 0.2) is 12.4 Å². The molecule has 0 radical (unpaired) electrons. The Bertz CT molecular complexity index is 471. The summed E-state index contributed by atoms with van der Waals surface area (Å²) in [5.41, 5.74) is 1.13. The molecule has 0 amide bonds. The van der Waals surface area contributed by atoms with Crippen molar-refractivity contribution in [1.29, 1.82) is 0 Å². The third kappa shape index (κ3) is 3.66. The van der Waals surface area contributed by atoms with Crippen LogP contribution in [0.4, 0.5) is 5.95 Å².